The summed E-state index contributed by atoms with van der Waals surface area (Å²) in [6.07, 6.45) is 0. The van der Waals surface area contributed by atoms with Crippen LogP contribution in [0, 0.1) is 0 Å². The molecule has 1 N–H and O–H groups in total. The van der Waals surface area contributed by atoms with Crippen LogP contribution in [0.4, 0.5) is 0 Å². The number of nitrogens with one attached hydrogen (secondary N) is 1. The lowest BCUT2D eigenvalue weighted by Gasteiger charge is -2.19. The molecule has 0 fully saturated rings. The van der Waals surface area contributed by atoms with Gasteiger partial charge >= 0.3 is 0 Å². The third kappa shape index (κ3) is 4.43. The molecule has 0 radical (unpaired) electrons. The monoisotopic (exact) mass is 369 g/mol. The van der Waals surface area contributed by atoms with Gasteiger partial charge < -0.3 is 10.1 Å². The lowest BCUT2D eigenvalue weighted by Crippen LogP contribution is -2.25. The molecule has 0 aromatic heterocycles. The molecule has 6 nitrogen and oxygen atoms in total. The molecule has 1 aliphatic heterocycles. The Morgan fingerprint density at radius 1 is 1.15 bits per heavy atom. The molecule has 26 heavy (non-hydrogen) atoms. The van der Waals surface area contributed by atoms with E-state index in [2.05, 4.69) is 10.4 Å². The minimum atomic E-state index is -0.338. The number of nitrogens with zero attached hydrogens (tertiary/aromatic N) is 2. The van der Waals surface area contributed by atoms with E-state index in [1.165, 1.54) is 30.6 Å². The van der Waals surface area contributed by atoms with E-state index in [1.54, 1.807) is 0 Å². The number of carbonyl (C=O) groups is 2. The van der Waals surface area contributed by atoms with Crippen LogP contribution in [-0.4, -0.2) is 22.0 Å². The molecule has 1 unspecified atom stereocenters. The smallest absolute Gasteiger partial charge is 0.241 e. The molecule has 0 saturated heterocycles. The van der Waals surface area contributed by atoms with Crippen molar-refractivity contribution in [3.8, 4) is 5.75 Å². The van der Waals surface area contributed by atoms with Crippen LogP contribution in [0.5, 0.6) is 5.75 Å². The summed E-state index contributed by atoms with van der Waals surface area (Å²) in [5.41, 5.74) is 1.95. The van der Waals surface area contributed by atoms with Crippen molar-refractivity contribution in [1.82, 2.24) is 10.3 Å². The van der Waals surface area contributed by atoms with Gasteiger partial charge in [-0.2, -0.15) is 0 Å². The molecule has 2 aromatic rings. The van der Waals surface area contributed by atoms with E-state index >= 15 is 0 Å². The summed E-state index contributed by atoms with van der Waals surface area (Å²) in [6, 6.07) is 17.5. The average Bonchev–Trinajstić information content (AvgIpc) is 3.04. The Hall–Kier alpha value is -2.80. The van der Waals surface area contributed by atoms with Gasteiger partial charge in [0.15, 0.2) is 5.17 Å². The molecule has 2 amide bonds. The Kier molecular flexibility index (Phi) is 5.58. The van der Waals surface area contributed by atoms with Gasteiger partial charge in [-0.05, 0) is 23.3 Å². The van der Waals surface area contributed by atoms with Gasteiger partial charge in [0.25, 0.3) is 0 Å². The summed E-state index contributed by atoms with van der Waals surface area (Å²) in [6.45, 7) is 3.32. The number of carbonyl (C=O) groups excluding carboxylic acids is 2. The van der Waals surface area contributed by atoms with Gasteiger partial charge in [0, 0.05) is 13.8 Å². The fraction of sp³-hybridized carbons (Fsp3) is 0.211. The quantitative estimate of drug-likeness (QED) is 0.898. The van der Waals surface area contributed by atoms with E-state index in [1.807, 2.05) is 54.6 Å². The second-order valence-electron chi connectivity index (χ2n) is 5.77. The Labute approximate surface area is 156 Å². The normalized spacial score (nSPS) is 16.2. The van der Waals surface area contributed by atoms with Crippen molar-refractivity contribution in [2.75, 3.05) is 0 Å². The zero-order valence-electron chi connectivity index (χ0n) is 14.5. The molecule has 1 aliphatic rings. The third-order valence-corrected chi connectivity index (χ3v) is 4.74. The number of hydrazone groups is 1. The van der Waals surface area contributed by atoms with Gasteiger partial charge in [-0.3, -0.25) is 9.59 Å². The minimum absolute atomic E-state index is 0.196. The standard InChI is InChI=1S/C19H19N3O3S/c1-13(23)20-19-21-22(14(2)24)18(26-19)16-9-6-10-17(11-16)25-12-15-7-4-3-5-8-15/h3-11,18H,12H2,1-2H3,(H,20,21,23). The number of hydrogen-bond acceptors (Lipinski definition) is 5. The van der Waals surface area contributed by atoms with E-state index in [0.29, 0.717) is 17.5 Å². The van der Waals surface area contributed by atoms with Gasteiger partial charge in [0.2, 0.25) is 11.8 Å². The largest absolute Gasteiger partial charge is 0.489 e. The summed E-state index contributed by atoms with van der Waals surface area (Å²) in [5, 5.41) is 8.28. The van der Waals surface area contributed by atoms with Crippen molar-refractivity contribution in [3.63, 3.8) is 0 Å². The van der Waals surface area contributed by atoms with Gasteiger partial charge in [-0.1, -0.05) is 54.2 Å². The van der Waals surface area contributed by atoms with Crippen molar-refractivity contribution in [2.45, 2.75) is 25.8 Å². The maximum Gasteiger partial charge on any atom is 0.241 e. The zero-order valence-corrected chi connectivity index (χ0v) is 15.3. The van der Waals surface area contributed by atoms with Crippen molar-refractivity contribution in [2.24, 2.45) is 5.10 Å². The molecule has 1 atom stereocenters. The van der Waals surface area contributed by atoms with Gasteiger partial charge in [-0.15, -0.1) is 5.10 Å². The fourth-order valence-corrected chi connectivity index (χ4v) is 3.61. The maximum absolute atomic E-state index is 11.9. The second kappa shape index (κ2) is 8.05. The van der Waals surface area contributed by atoms with E-state index in [0.717, 1.165) is 11.1 Å². The van der Waals surface area contributed by atoms with Crippen LogP contribution < -0.4 is 10.1 Å². The van der Waals surface area contributed by atoms with Crippen LogP contribution in [0.15, 0.2) is 59.7 Å². The first-order valence-corrected chi connectivity index (χ1v) is 9.00. The summed E-state index contributed by atoms with van der Waals surface area (Å²) < 4.78 is 5.86. The number of hydrogen-bond donors (Lipinski definition) is 1. The molecule has 0 aliphatic carbocycles. The Balaban J connectivity index is 1.74. The lowest BCUT2D eigenvalue weighted by atomic mass is 10.2. The van der Waals surface area contributed by atoms with Crippen LogP contribution in [0.25, 0.3) is 0 Å². The van der Waals surface area contributed by atoms with Crippen LogP contribution >= 0.6 is 11.8 Å². The zero-order chi connectivity index (χ0) is 18.5. The Bertz CT molecular complexity index is 839. The average molecular weight is 369 g/mol. The third-order valence-electron chi connectivity index (χ3n) is 3.64. The van der Waals surface area contributed by atoms with Crippen LogP contribution in [-0.2, 0) is 16.2 Å². The molecule has 7 heteroatoms. The number of thioether (sulfide) groups is 1. The molecule has 0 spiro atoms. The molecule has 0 saturated carbocycles. The number of amidine groups is 1. The number of amides is 2. The predicted octanol–water partition coefficient (Wildman–Crippen LogP) is 3.27. The van der Waals surface area contributed by atoms with Gasteiger partial charge in [-0.25, -0.2) is 5.01 Å². The van der Waals surface area contributed by atoms with Crippen molar-refractivity contribution >= 4 is 28.7 Å². The predicted molar refractivity (Wildman–Crippen MR) is 101 cm³/mol. The summed E-state index contributed by atoms with van der Waals surface area (Å²) >= 11 is 1.32. The fourth-order valence-electron chi connectivity index (χ4n) is 2.48. The Morgan fingerprint density at radius 2 is 1.92 bits per heavy atom. The molecule has 2 aromatic carbocycles. The number of ether oxygens (including phenoxy) is 1. The first kappa shape index (κ1) is 18.0. The summed E-state index contributed by atoms with van der Waals surface area (Å²) in [4.78, 5) is 23.2. The van der Waals surface area contributed by atoms with E-state index < -0.39 is 0 Å². The Morgan fingerprint density at radius 3 is 2.62 bits per heavy atom. The van der Waals surface area contributed by atoms with Crippen molar-refractivity contribution in [3.05, 3.63) is 65.7 Å². The summed E-state index contributed by atoms with van der Waals surface area (Å²) in [7, 11) is 0. The van der Waals surface area contributed by atoms with Crippen LogP contribution in [0.1, 0.15) is 30.3 Å². The molecule has 3 rings (SSSR count). The lowest BCUT2D eigenvalue weighted by molar-refractivity contribution is -0.129. The van der Waals surface area contributed by atoms with Crippen molar-refractivity contribution < 1.29 is 14.3 Å². The molecule has 0 bridgehead atoms. The van der Waals surface area contributed by atoms with Crippen LogP contribution in [0.2, 0.25) is 0 Å². The molecule has 1 heterocycles. The number of rotatable bonds is 4. The van der Waals surface area contributed by atoms with E-state index in [-0.39, 0.29) is 17.2 Å². The highest BCUT2D eigenvalue weighted by Gasteiger charge is 2.32. The maximum atomic E-state index is 11.9. The topological polar surface area (TPSA) is 71.0 Å². The first-order chi connectivity index (χ1) is 12.5. The first-order valence-electron chi connectivity index (χ1n) is 8.12. The molecular weight excluding hydrogens is 350 g/mol. The highest BCUT2D eigenvalue weighted by molar-refractivity contribution is 8.14. The summed E-state index contributed by atoms with van der Waals surface area (Å²) in [5.74, 6) is 0.294. The van der Waals surface area contributed by atoms with Crippen molar-refractivity contribution in [1.29, 1.82) is 0 Å². The number of benzene rings is 2. The van der Waals surface area contributed by atoms with Gasteiger partial charge in [0.1, 0.15) is 17.7 Å². The SMILES string of the molecule is CC(=O)NC1=NN(C(C)=O)C(c2cccc(OCc3ccccc3)c2)S1. The highest BCUT2D eigenvalue weighted by Crippen LogP contribution is 2.39. The van der Waals surface area contributed by atoms with E-state index in [9.17, 15) is 9.59 Å². The van der Waals surface area contributed by atoms with E-state index in [4.69, 9.17) is 4.74 Å². The van der Waals surface area contributed by atoms with Crippen LogP contribution in [0.3, 0.4) is 0 Å². The molecule has 134 valence electrons. The molecular formula is C19H19N3O3S. The second-order valence-corrected chi connectivity index (χ2v) is 6.84. The highest BCUT2D eigenvalue weighted by atomic mass is 32.2. The minimum Gasteiger partial charge on any atom is -0.489 e. The van der Waals surface area contributed by atoms with Gasteiger partial charge in [0.05, 0.1) is 0 Å².